The monoisotopic (exact) mass is 306 g/mol. The van der Waals surface area contributed by atoms with E-state index in [0.717, 1.165) is 19.3 Å². The van der Waals surface area contributed by atoms with Crippen molar-refractivity contribution in [2.24, 2.45) is 12.5 Å². The molecule has 0 radical (unpaired) electrons. The summed E-state index contributed by atoms with van der Waals surface area (Å²) in [5.41, 5.74) is 1.09. The molecule has 6 heteroatoms. The Morgan fingerprint density at radius 3 is 2.95 bits per heavy atom. The van der Waals surface area contributed by atoms with Gasteiger partial charge in [-0.2, -0.15) is 5.10 Å². The minimum absolute atomic E-state index is 0.105. The second-order valence-electron chi connectivity index (χ2n) is 6.86. The summed E-state index contributed by atoms with van der Waals surface area (Å²) >= 11 is 0. The summed E-state index contributed by atoms with van der Waals surface area (Å²) in [5, 5.41) is 17.0. The third-order valence-corrected chi connectivity index (χ3v) is 4.99. The first kappa shape index (κ1) is 15.3. The largest absolute Gasteiger partial charge is 0.396 e. The Morgan fingerprint density at radius 2 is 2.32 bits per heavy atom. The van der Waals surface area contributed by atoms with Gasteiger partial charge in [0.1, 0.15) is 0 Å². The molecule has 1 saturated heterocycles. The van der Waals surface area contributed by atoms with Crippen LogP contribution in [-0.4, -0.2) is 45.5 Å². The molecule has 6 nitrogen and oxygen atoms in total. The number of hydrogen-bond acceptors (Lipinski definition) is 3. The van der Waals surface area contributed by atoms with Gasteiger partial charge in [-0.25, -0.2) is 4.79 Å². The van der Waals surface area contributed by atoms with Crippen LogP contribution in [0.5, 0.6) is 0 Å². The van der Waals surface area contributed by atoms with E-state index in [2.05, 4.69) is 17.3 Å². The molecule has 1 atom stereocenters. The summed E-state index contributed by atoms with van der Waals surface area (Å²) in [4.78, 5) is 14.2. The van der Waals surface area contributed by atoms with E-state index in [-0.39, 0.29) is 18.1 Å². The first-order chi connectivity index (χ1) is 10.6. The molecule has 1 aliphatic carbocycles. The van der Waals surface area contributed by atoms with Gasteiger partial charge in [-0.1, -0.05) is 13.3 Å². The number of carbonyl (C=O) groups excluding carboxylic acids is 1. The predicted molar refractivity (Wildman–Crippen MR) is 84.8 cm³/mol. The molecule has 0 aromatic carbocycles. The van der Waals surface area contributed by atoms with Gasteiger partial charge in [0, 0.05) is 43.2 Å². The van der Waals surface area contributed by atoms with Gasteiger partial charge in [0.25, 0.3) is 0 Å². The van der Waals surface area contributed by atoms with Crippen molar-refractivity contribution in [3.8, 4) is 0 Å². The number of rotatable bonds is 5. The Kier molecular flexibility index (Phi) is 4.12. The number of aromatic nitrogens is 2. The summed E-state index contributed by atoms with van der Waals surface area (Å²) in [6.45, 7) is 3.60. The van der Waals surface area contributed by atoms with Crippen molar-refractivity contribution >= 4 is 11.8 Å². The van der Waals surface area contributed by atoms with E-state index in [0.29, 0.717) is 24.8 Å². The fraction of sp³-hybridized carbons (Fsp3) is 0.750. The number of hydrogen-bond donors (Lipinski definition) is 2. The molecule has 1 aromatic heterocycles. The molecule has 2 amide bonds. The van der Waals surface area contributed by atoms with Crippen LogP contribution in [0.15, 0.2) is 6.07 Å². The minimum atomic E-state index is -0.116. The van der Waals surface area contributed by atoms with Gasteiger partial charge in [0.2, 0.25) is 0 Å². The maximum absolute atomic E-state index is 12.4. The van der Waals surface area contributed by atoms with E-state index < -0.39 is 0 Å². The number of nitrogens with zero attached hydrogens (tertiary/aromatic N) is 3. The maximum Gasteiger partial charge on any atom is 0.323 e. The molecule has 2 N–H and O–H groups in total. The first-order valence-electron chi connectivity index (χ1n) is 8.27. The Balaban J connectivity index is 1.61. The third-order valence-electron chi connectivity index (χ3n) is 4.99. The lowest BCUT2D eigenvalue weighted by atomic mass is 9.83. The average molecular weight is 306 g/mol. The van der Waals surface area contributed by atoms with Crippen molar-refractivity contribution in [3.05, 3.63) is 11.8 Å². The van der Waals surface area contributed by atoms with E-state index in [1.807, 2.05) is 17.8 Å². The maximum atomic E-state index is 12.4. The van der Waals surface area contributed by atoms with Crippen molar-refractivity contribution < 1.29 is 9.90 Å². The smallest absolute Gasteiger partial charge is 0.323 e. The number of anilines is 1. The van der Waals surface area contributed by atoms with Crippen molar-refractivity contribution in [2.75, 3.05) is 25.0 Å². The van der Waals surface area contributed by atoms with Crippen LogP contribution in [0.1, 0.15) is 50.6 Å². The van der Waals surface area contributed by atoms with Gasteiger partial charge in [0.05, 0.1) is 6.61 Å². The van der Waals surface area contributed by atoms with E-state index in [9.17, 15) is 9.90 Å². The normalized spacial score (nSPS) is 24.8. The number of amides is 2. The SMILES string of the molecule is CCCC1(CO)CCN(C(=O)Nc2cc(C3CC3)n(C)n2)C1. The molecule has 1 aromatic rings. The van der Waals surface area contributed by atoms with Gasteiger partial charge in [-0.15, -0.1) is 0 Å². The Morgan fingerprint density at radius 1 is 1.55 bits per heavy atom. The van der Waals surface area contributed by atoms with E-state index in [1.54, 1.807) is 4.90 Å². The summed E-state index contributed by atoms with van der Waals surface area (Å²) in [6, 6.07) is 1.88. The second-order valence-corrected chi connectivity index (χ2v) is 6.86. The molecular formula is C16H26N4O2. The van der Waals surface area contributed by atoms with E-state index in [4.69, 9.17) is 0 Å². The van der Waals surface area contributed by atoms with Gasteiger partial charge < -0.3 is 10.0 Å². The number of aliphatic hydroxyl groups is 1. The first-order valence-corrected chi connectivity index (χ1v) is 8.27. The molecular weight excluding hydrogens is 280 g/mol. The van der Waals surface area contributed by atoms with Gasteiger partial charge in [-0.05, 0) is 25.7 Å². The predicted octanol–water partition coefficient (Wildman–Crippen LogP) is 2.31. The average Bonchev–Trinajstić information content (AvgIpc) is 3.15. The second kappa shape index (κ2) is 5.91. The standard InChI is InChI=1S/C16H26N4O2/c1-3-6-16(11-21)7-8-20(10-16)15(22)17-14-9-13(12-4-5-12)19(2)18-14/h9,12,21H,3-8,10-11H2,1-2H3,(H,17,18,22). The van der Waals surface area contributed by atoms with Crippen molar-refractivity contribution in [3.63, 3.8) is 0 Å². The molecule has 3 rings (SSSR count). The van der Waals surface area contributed by atoms with E-state index >= 15 is 0 Å². The van der Waals surface area contributed by atoms with Crippen molar-refractivity contribution in [1.82, 2.24) is 14.7 Å². The lowest BCUT2D eigenvalue weighted by molar-refractivity contribution is 0.122. The lowest BCUT2D eigenvalue weighted by Gasteiger charge is -2.26. The van der Waals surface area contributed by atoms with Crippen molar-refractivity contribution in [1.29, 1.82) is 0 Å². The highest BCUT2D eigenvalue weighted by Crippen LogP contribution is 2.40. The number of aryl methyl sites for hydroxylation is 1. The molecule has 1 saturated carbocycles. The van der Waals surface area contributed by atoms with Crippen LogP contribution in [0.2, 0.25) is 0 Å². The highest BCUT2D eigenvalue weighted by molar-refractivity contribution is 5.88. The highest BCUT2D eigenvalue weighted by atomic mass is 16.3. The van der Waals surface area contributed by atoms with E-state index in [1.165, 1.54) is 18.5 Å². The van der Waals surface area contributed by atoms with Crippen LogP contribution in [0.4, 0.5) is 10.6 Å². The third kappa shape index (κ3) is 2.97. The zero-order chi connectivity index (χ0) is 15.7. The molecule has 2 heterocycles. The fourth-order valence-corrected chi connectivity index (χ4v) is 3.54. The number of carbonyl (C=O) groups is 1. The Bertz CT molecular complexity index is 552. The molecule has 2 fully saturated rings. The summed E-state index contributed by atoms with van der Waals surface area (Å²) < 4.78 is 1.87. The minimum Gasteiger partial charge on any atom is -0.396 e. The highest BCUT2D eigenvalue weighted by Gasteiger charge is 2.39. The van der Waals surface area contributed by atoms with Crippen LogP contribution >= 0.6 is 0 Å². The Hall–Kier alpha value is -1.56. The zero-order valence-corrected chi connectivity index (χ0v) is 13.5. The van der Waals surface area contributed by atoms with Gasteiger partial charge in [-0.3, -0.25) is 10.00 Å². The number of likely N-dealkylation sites (tertiary alicyclic amines) is 1. The van der Waals surface area contributed by atoms with Crippen LogP contribution in [0.25, 0.3) is 0 Å². The summed E-state index contributed by atoms with van der Waals surface area (Å²) in [5.74, 6) is 1.24. The topological polar surface area (TPSA) is 70.4 Å². The quantitative estimate of drug-likeness (QED) is 0.877. The number of aliphatic hydroxyl groups excluding tert-OH is 1. The molecule has 122 valence electrons. The van der Waals surface area contributed by atoms with Gasteiger partial charge >= 0.3 is 6.03 Å². The number of urea groups is 1. The van der Waals surface area contributed by atoms with Crippen LogP contribution in [0.3, 0.4) is 0 Å². The number of nitrogens with one attached hydrogen (secondary N) is 1. The van der Waals surface area contributed by atoms with Crippen molar-refractivity contribution in [2.45, 2.75) is 44.9 Å². The summed E-state index contributed by atoms with van der Waals surface area (Å²) in [6.07, 6.45) is 5.30. The fourth-order valence-electron chi connectivity index (χ4n) is 3.54. The molecule has 0 spiro atoms. The lowest BCUT2D eigenvalue weighted by Crippen LogP contribution is -2.36. The molecule has 22 heavy (non-hydrogen) atoms. The molecule has 1 aliphatic heterocycles. The van der Waals surface area contributed by atoms with Crippen LogP contribution in [0, 0.1) is 5.41 Å². The van der Waals surface area contributed by atoms with Crippen LogP contribution in [-0.2, 0) is 7.05 Å². The zero-order valence-electron chi connectivity index (χ0n) is 13.5. The molecule has 2 aliphatic rings. The Labute approximate surface area is 131 Å². The van der Waals surface area contributed by atoms with Crippen LogP contribution < -0.4 is 5.32 Å². The molecule has 1 unspecified atom stereocenters. The summed E-state index contributed by atoms with van der Waals surface area (Å²) in [7, 11) is 1.93. The molecule has 0 bridgehead atoms. The van der Waals surface area contributed by atoms with Gasteiger partial charge in [0.15, 0.2) is 5.82 Å².